The lowest BCUT2D eigenvalue weighted by molar-refractivity contribution is 0.204. The number of halogens is 1. The Bertz CT molecular complexity index is 492. The molecule has 1 N–H and O–H groups in total. The largest absolute Gasteiger partial charge is 0.380 e. The molecule has 0 aliphatic rings. The molecule has 0 bridgehead atoms. The van der Waals surface area contributed by atoms with Crippen molar-refractivity contribution in [3.63, 3.8) is 0 Å². The van der Waals surface area contributed by atoms with E-state index in [4.69, 9.17) is 11.6 Å². The molecule has 2 rings (SSSR count). The Hall–Kier alpha value is -1.46. The molecule has 2 aromatic heterocycles. The van der Waals surface area contributed by atoms with E-state index in [1.165, 1.54) is 10.9 Å². The van der Waals surface area contributed by atoms with Crippen LogP contribution in [-0.2, 0) is 7.05 Å². The van der Waals surface area contributed by atoms with E-state index in [0.717, 1.165) is 0 Å². The zero-order valence-corrected chi connectivity index (χ0v) is 9.68. The lowest BCUT2D eigenvalue weighted by Gasteiger charge is -2.11. The summed E-state index contributed by atoms with van der Waals surface area (Å²) in [6, 6.07) is 1.65. The second-order valence-corrected chi connectivity index (χ2v) is 3.84. The van der Waals surface area contributed by atoms with Crippen molar-refractivity contribution in [2.45, 2.75) is 13.0 Å². The van der Waals surface area contributed by atoms with Crippen LogP contribution in [-0.4, -0.2) is 24.9 Å². The quantitative estimate of drug-likeness (QED) is 0.856. The predicted octanol–water partition coefficient (Wildman–Crippen LogP) is 1.25. The van der Waals surface area contributed by atoms with E-state index >= 15 is 0 Å². The van der Waals surface area contributed by atoms with E-state index in [0.29, 0.717) is 22.2 Å². The number of aliphatic hydroxyl groups is 1. The molecule has 6 heteroatoms. The molecule has 0 saturated carbocycles. The molecule has 0 saturated heterocycles. The molecule has 0 aliphatic heterocycles. The van der Waals surface area contributed by atoms with Crippen LogP contribution in [0.2, 0.25) is 5.02 Å². The van der Waals surface area contributed by atoms with Crippen molar-refractivity contribution in [2.75, 3.05) is 0 Å². The molecule has 2 heterocycles. The van der Waals surface area contributed by atoms with Crippen LogP contribution in [0.1, 0.15) is 23.3 Å². The summed E-state index contributed by atoms with van der Waals surface area (Å²) in [6.07, 6.45) is 2.21. The molecule has 84 valence electrons. The molecule has 0 fully saturated rings. The van der Waals surface area contributed by atoms with Crippen LogP contribution in [0.25, 0.3) is 0 Å². The van der Waals surface area contributed by atoms with Crippen LogP contribution in [0, 0.1) is 6.92 Å². The average Bonchev–Trinajstić information content (AvgIpc) is 2.58. The van der Waals surface area contributed by atoms with Gasteiger partial charge in [-0.05, 0) is 13.0 Å². The van der Waals surface area contributed by atoms with Crippen molar-refractivity contribution in [3.8, 4) is 0 Å². The monoisotopic (exact) mass is 238 g/mol. The van der Waals surface area contributed by atoms with Crippen LogP contribution in [0.4, 0.5) is 0 Å². The summed E-state index contributed by atoms with van der Waals surface area (Å²) in [7, 11) is 1.72. The van der Waals surface area contributed by atoms with Gasteiger partial charge < -0.3 is 5.11 Å². The van der Waals surface area contributed by atoms with Gasteiger partial charge in [0.05, 0.1) is 22.6 Å². The maximum Gasteiger partial charge on any atom is 0.139 e. The molecule has 0 amide bonds. The molecular weight excluding hydrogens is 228 g/mol. The van der Waals surface area contributed by atoms with Gasteiger partial charge in [-0.1, -0.05) is 11.6 Å². The van der Waals surface area contributed by atoms with Gasteiger partial charge in [-0.25, -0.2) is 9.97 Å². The number of rotatable bonds is 2. The number of aliphatic hydroxyl groups excluding tert-OH is 1. The Balaban J connectivity index is 2.43. The van der Waals surface area contributed by atoms with E-state index in [1.54, 1.807) is 26.2 Å². The van der Waals surface area contributed by atoms with Crippen molar-refractivity contribution < 1.29 is 5.11 Å². The fourth-order valence-electron chi connectivity index (χ4n) is 1.49. The highest BCUT2D eigenvalue weighted by molar-refractivity contribution is 6.31. The van der Waals surface area contributed by atoms with E-state index in [2.05, 4.69) is 15.1 Å². The Morgan fingerprint density at radius 2 is 2.25 bits per heavy atom. The lowest BCUT2D eigenvalue weighted by Crippen LogP contribution is -2.09. The summed E-state index contributed by atoms with van der Waals surface area (Å²) in [5, 5.41) is 14.5. The molecular formula is C10H11ClN4O. The maximum atomic E-state index is 10.1. The van der Waals surface area contributed by atoms with Gasteiger partial charge in [-0.15, -0.1) is 0 Å². The van der Waals surface area contributed by atoms with Crippen LogP contribution in [0.15, 0.2) is 18.5 Å². The third-order valence-electron chi connectivity index (χ3n) is 2.27. The molecule has 1 unspecified atom stereocenters. The van der Waals surface area contributed by atoms with Gasteiger partial charge in [-0.2, -0.15) is 5.10 Å². The minimum Gasteiger partial charge on any atom is -0.380 e. The minimum atomic E-state index is -0.887. The van der Waals surface area contributed by atoms with Gasteiger partial charge in [0.1, 0.15) is 11.9 Å². The highest BCUT2D eigenvalue weighted by Crippen LogP contribution is 2.26. The first-order chi connectivity index (χ1) is 7.59. The van der Waals surface area contributed by atoms with Gasteiger partial charge in [0.2, 0.25) is 0 Å². The predicted molar refractivity (Wildman–Crippen MR) is 59.0 cm³/mol. The first kappa shape index (κ1) is 11.0. The first-order valence-electron chi connectivity index (χ1n) is 4.74. The lowest BCUT2D eigenvalue weighted by atomic mass is 10.2. The van der Waals surface area contributed by atoms with Gasteiger partial charge in [-0.3, -0.25) is 4.68 Å². The number of aryl methyl sites for hydroxylation is 2. The number of aromatic nitrogens is 4. The number of nitrogens with zero attached hydrogens (tertiary/aromatic N) is 4. The third kappa shape index (κ3) is 1.91. The highest BCUT2D eigenvalue weighted by atomic mass is 35.5. The van der Waals surface area contributed by atoms with Gasteiger partial charge in [0.25, 0.3) is 0 Å². The Morgan fingerprint density at radius 3 is 2.81 bits per heavy atom. The summed E-state index contributed by atoms with van der Waals surface area (Å²) in [6.45, 7) is 1.76. The SMILES string of the molecule is Cc1nccc(C(O)c2c(Cl)cnn2C)n1. The molecule has 16 heavy (non-hydrogen) atoms. The van der Waals surface area contributed by atoms with Crippen molar-refractivity contribution in [1.29, 1.82) is 0 Å². The Kier molecular flexibility index (Phi) is 2.89. The van der Waals surface area contributed by atoms with E-state index in [1.807, 2.05) is 0 Å². The van der Waals surface area contributed by atoms with Crippen molar-refractivity contribution in [2.24, 2.45) is 7.05 Å². The first-order valence-corrected chi connectivity index (χ1v) is 5.12. The zero-order chi connectivity index (χ0) is 11.7. The number of hydrogen-bond donors (Lipinski definition) is 1. The molecule has 2 aromatic rings. The second kappa shape index (κ2) is 4.19. The second-order valence-electron chi connectivity index (χ2n) is 3.43. The van der Waals surface area contributed by atoms with Crippen LogP contribution >= 0.6 is 11.6 Å². The fraction of sp³-hybridized carbons (Fsp3) is 0.300. The van der Waals surface area contributed by atoms with Gasteiger partial charge in [0, 0.05) is 13.2 Å². The van der Waals surface area contributed by atoms with Crippen LogP contribution in [0.5, 0.6) is 0 Å². The van der Waals surface area contributed by atoms with Gasteiger partial charge >= 0.3 is 0 Å². The molecule has 1 atom stereocenters. The van der Waals surface area contributed by atoms with E-state index in [-0.39, 0.29) is 0 Å². The standard InChI is InChI=1S/C10H11ClN4O/c1-6-12-4-3-8(14-6)10(16)9-7(11)5-13-15(9)2/h3-5,10,16H,1-2H3. The summed E-state index contributed by atoms with van der Waals surface area (Å²) < 4.78 is 1.53. The summed E-state index contributed by atoms with van der Waals surface area (Å²) in [4.78, 5) is 8.12. The van der Waals surface area contributed by atoms with Crippen molar-refractivity contribution in [3.05, 3.63) is 40.7 Å². The topological polar surface area (TPSA) is 63.8 Å². The third-order valence-corrected chi connectivity index (χ3v) is 2.57. The summed E-state index contributed by atoms with van der Waals surface area (Å²) in [5.41, 5.74) is 1.04. The Morgan fingerprint density at radius 1 is 1.50 bits per heavy atom. The number of hydrogen-bond acceptors (Lipinski definition) is 4. The van der Waals surface area contributed by atoms with Crippen molar-refractivity contribution in [1.82, 2.24) is 19.7 Å². The summed E-state index contributed by atoms with van der Waals surface area (Å²) >= 11 is 5.94. The van der Waals surface area contributed by atoms with Crippen molar-refractivity contribution >= 4 is 11.6 Å². The average molecular weight is 239 g/mol. The zero-order valence-electron chi connectivity index (χ0n) is 8.92. The fourth-order valence-corrected chi connectivity index (χ4v) is 1.76. The smallest absolute Gasteiger partial charge is 0.139 e. The normalized spacial score (nSPS) is 12.8. The van der Waals surface area contributed by atoms with Crippen LogP contribution < -0.4 is 0 Å². The minimum absolute atomic E-state index is 0.422. The maximum absolute atomic E-state index is 10.1. The summed E-state index contributed by atoms with van der Waals surface area (Å²) in [5.74, 6) is 0.606. The van der Waals surface area contributed by atoms with Gasteiger partial charge in [0.15, 0.2) is 0 Å². The highest BCUT2D eigenvalue weighted by Gasteiger charge is 2.19. The van der Waals surface area contributed by atoms with Crippen LogP contribution in [0.3, 0.4) is 0 Å². The molecule has 0 aliphatic carbocycles. The Labute approximate surface area is 97.7 Å². The molecule has 0 spiro atoms. The van der Waals surface area contributed by atoms with E-state index in [9.17, 15) is 5.11 Å². The molecule has 5 nitrogen and oxygen atoms in total. The molecule has 0 radical (unpaired) electrons. The van der Waals surface area contributed by atoms with E-state index < -0.39 is 6.10 Å². The molecule has 0 aromatic carbocycles.